The van der Waals surface area contributed by atoms with Crippen LogP contribution in [0.3, 0.4) is 0 Å². The number of carboxylic acid groups (broad SMARTS) is 1. The third kappa shape index (κ3) is 5.87. The molecule has 0 bridgehead atoms. The number of aliphatic hydroxyl groups excluding tert-OH is 1. The number of phenolic OH excluding ortho intramolecular Hbond substituents is 1. The third-order valence-corrected chi connectivity index (χ3v) is 3.41. The molecule has 1 aromatic rings. The van der Waals surface area contributed by atoms with Crippen LogP contribution in [0, 0.1) is 0 Å². The van der Waals surface area contributed by atoms with Crippen LogP contribution in [-0.4, -0.2) is 34.0 Å². The Labute approximate surface area is 132 Å². The van der Waals surface area contributed by atoms with Crippen LogP contribution in [0.15, 0.2) is 34.8 Å². The summed E-state index contributed by atoms with van der Waals surface area (Å²) in [6, 6.07) is 4.81. The summed E-state index contributed by atoms with van der Waals surface area (Å²) in [7, 11) is 0. The Morgan fingerprint density at radius 3 is 2.81 bits per heavy atom. The molecule has 0 aliphatic carbocycles. The van der Waals surface area contributed by atoms with Gasteiger partial charge in [0.1, 0.15) is 11.9 Å². The molecule has 0 aliphatic heterocycles. The van der Waals surface area contributed by atoms with Gasteiger partial charge in [-0.3, -0.25) is 0 Å². The molecule has 0 saturated carbocycles. The van der Waals surface area contributed by atoms with Crippen LogP contribution in [0.1, 0.15) is 31.4 Å². The van der Waals surface area contributed by atoms with Crippen LogP contribution in [0.2, 0.25) is 0 Å². The molecule has 1 aromatic carbocycles. The minimum atomic E-state index is -1.01. The first-order chi connectivity index (χ1) is 9.95. The number of ether oxygens (including phenoxy) is 1. The van der Waals surface area contributed by atoms with Gasteiger partial charge in [-0.2, -0.15) is 0 Å². The minimum Gasteiger partial charge on any atom is -0.508 e. The standard InChI is InChI=1S/C15H19BrO5/c1-2-21-13(5-3-4-6-14(18)19)15(20)11-9-10(16)7-8-12(11)17/h4,6-9,13,15,17,20H,2-3,5H2,1H3,(H,18,19)/b6-4+/t13-,15-/m1/s1. The molecular formula is C15H19BrO5. The first-order valence-corrected chi connectivity index (χ1v) is 7.42. The summed E-state index contributed by atoms with van der Waals surface area (Å²) in [5.74, 6) is -1.01. The summed E-state index contributed by atoms with van der Waals surface area (Å²) in [6.07, 6.45) is 1.98. The van der Waals surface area contributed by atoms with E-state index in [1.165, 1.54) is 12.1 Å². The molecule has 0 spiro atoms. The summed E-state index contributed by atoms with van der Waals surface area (Å²) in [6.45, 7) is 2.23. The number of aromatic hydroxyl groups is 1. The van der Waals surface area contributed by atoms with Crippen LogP contribution in [-0.2, 0) is 9.53 Å². The normalized spacial score (nSPS) is 14.2. The number of aliphatic carboxylic acids is 1. The van der Waals surface area contributed by atoms with Crippen LogP contribution >= 0.6 is 15.9 Å². The van der Waals surface area contributed by atoms with Crippen LogP contribution in [0.4, 0.5) is 0 Å². The summed E-state index contributed by atoms with van der Waals surface area (Å²) >= 11 is 3.29. The molecule has 0 unspecified atom stereocenters. The number of halogens is 1. The lowest BCUT2D eigenvalue weighted by atomic mass is 9.99. The highest BCUT2D eigenvalue weighted by atomic mass is 79.9. The maximum absolute atomic E-state index is 10.4. The molecule has 0 aliphatic rings. The molecule has 0 radical (unpaired) electrons. The number of aliphatic hydroxyl groups is 1. The zero-order valence-corrected chi connectivity index (χ0v) is 13.3. The van der Waals surface area contributed by atoms with Crippen molar-refractivity contribution in [3.05, 3.63) is 40.4 Å². The molecule has 0 saturated heterocycles. The van der Waals surface area contributed by atoms with Gasteiger partial charge in [0.15, 0.2) is 0 Å². The van der Waals surface area contributed by atoms with E-state index in [-0.39, 0.29) is 5.75 Å². The number of phenols is 1. The summed E-state index contributed by atoms with van der Waals surface area (Å²) < 4.78 is 6.25. The number of hydrogen-bond acceptors (Lipinski definition) is 4. The second kappa shape index (κ2) is 8.81. The molecule has 6 heteroatoms. The molecule has 3 N–H and O–H groups in total. The fraction of sp³-hybridized carbons (Fsp3) is 0.400. The van der Waals surface area contributed by atoms with Crippen molar-refractivity contribution >= 4 is 21.9 Å². The van der Waals surface area contributed by atoms with Crippen molar-refractivity contribution in [2.75, 3.05) is 6.61 Å². The molecule has 116 valence electrons. The van der Waals surface area contributed by atoms with E-state index < -0.39 is 18.2 Å². The van der Waals surface area contributed by atoms with E-state index in [0.717, 1.165) is 10.5 Å². The van der Waals surface area contributed by atoms with Crippen molar-refractivity contribution in [3.63, 3.8) is 0 Å². The van der Waals surface area contributed by atoms with Gasteiger partial charge in [0.2, 0.25) is 0 Å². The highest BCUT2D eigenvalue weighted by molar-refractivity contribution is 9.10. The van der Waals surface area contributed by atoms with Crippen LogP contribution in [0.25, 0.3) is 0 Å². The lowest BCUT2D eigenvalue weighted by Crippen LogP contribution is -2.22. The first-order valence-electron chi connectivity index (χ1n) is 6.63. The zero-order valence-electron chi connectivity index (χ0n) is 11.7. The largest absolute Gasteiger partial charge is 0.508 e. The molecule has 0 fully saturated rings. The maximum Gasteiger partial charge on any atom is 0.327 e. The fourth-order valence-corrected chi connectivity index (χ4v) is 2.33. The number of hydrogen-bond donors (Lipinski definition) is 3. The Morgan fingerprint density at radius 2 is 2.19 bits per heavy atom. The van der Waals surface area contributed by atoms with Crippen molar-refractivity contribution in [2.45, 2.75) is 32.0 Å². The fourth-order valence-electron chi connectivity index (χ4n) is 1.95. The van der Waals surface area contributed by atoms with Gasteiger partial charge < -0.3 is 20.1 Å². The van der Waals surface area contributed by atoms with Crippen molar-refractivity contribution in [3.8, 4) is 5.75 Å². The summed E-state index contributed by atoms with van der Waals surface area (Å²) in [5, 5.41) is 28.7. The van der Waals surface area contributed by atoms with Gasteiger partial charge >= 0.3 is 5.97 Å². The summed E-state index contributed by atoms with van der Waals surface area (Å²) in [5.41, 5.74) is 0.380. The Balaban J connectivity index is 2.78. The van der Waals surface area contributed by atoms with E-state index in [1.54, 1.807) is 12.1 Å². The van der Waals surface area contributed by atoms with E-state index in [2.05, 4.69) is 15.9 Å². The van der Waals surface area contributed by atoms with Gasteiger partial charge in [0.05, 0.1) is 6.10 Å². The molecule has 5 nitrogen and oxygen atoms in total. The molecule has 0 heterocycles. The van der Waals surface area contributed by atoms with Gasteiger partial charge in [0.25, 0.3) is 0 Å². The van der Waals surface area contributed by atoms with Gasteiger partial charge in [0, 0.05) is 22.7 Å². The summed E-state index contributed by atoms with van der Waals surface area (Å²) in [4.78, 5) is 10.4. The van der Waals surface area contributed by atoms with Crippen molar-refractivity contribution in [2.24, 2.45) is 0 Å². The second-order valence-electron chi connectivity index (χ2n) is 4.46. The predicted molar refractivity (Wildman–Crippen MR) is 82.2 cm³/mol. The number of allylic oxidation sites excluding steroid dienone is 1. The number of benzene rings is 1. The van der Waals surface area contributed by atoms with Crippen molar-refractivity contribution < 1.29 is 24.9 Å². The molecule has 21 heavy (non-hydrogen) atoms. The first kappa shape index (κ1) is 17.7. The van der Waals surface area contributed by atoms with Gasteiger partial charge in [-0.05, 0) is 38.0 Å². The van der Waals surface area contributed by atoms with Crippen LogP contribution in [0.5, 0.6) is 5.75 Å². The number of carbonyl (C=O) groups is 1. The zero-order chi connectivity index (χ0) is 15.8. The molecule has 2 atom stereocenters. The topological polar surface area (TPSA) is 87.0 Å². The predicted octanol–water partition coefficient (Wildman–Crippen LogP) is 3.01. The second-order valence-corrected chi connectivity index (χ2v) is 5.38. The van der Waals surface area contributed by atoms with E-state index in [0.29, 0.717) is 25.0 Å². The Kier molecular flexibility index (Phi) is 7.42. The highest BCUT2D eigenvalue weighted by Crippen LogP contribution is 2.31. The number of rotatable bonds is 8. The third-order valence-electron chi connectivity index (χ3n) is 2.92. The smallest absolute Gasteiger partial charge is 0.327 e. The van der Waals surface area contributed by atoms with Gasteiger partial charge in [-0.25, -0.2) is 4.79 Å². The van der Waals surface area contributed by atoms with Gasteiger partial charge in [-0.15, -0.1) is 0 Å². The minimum absolute atomic E-state index is 0.00326. The average Bonchev–Trinajstić information content (AvgIpc) is 2.44. The lowest BCUT2D eigenvalue weighted by Gasteiger charge is -2.23. The average molecular weight is 359 g/mol. The van der Waals surface area contributed by atoms with Crippen molar-refractivity contribution in [1.82, 2.24) is 0 Å². The molecular weight excluding hydrogens is 340 g/mol. The monoisotopic (exact) mass is 358 g/mol. The SMILES string of the molecule is CCO[C@H](CC/C=C/C(=O)O)[C@H](O)c1cc(Br)ccc1O. The lowest BCUT2D eigenvalue weighted by molar-refractivity contribution is -0.131. The molecule has 0 amide bonds. The highest BCUT2D eigenvalue weighted by Gasteiger charge is 2.23. The van der Waals surface area contributed by atoms with Crippen LogP contribution < -0.4 is 0 Å². The van der Waals surface area contributed by atoms with E-state index in [4.69, 9.17) is 9.84 Å². The maximum atomic E-state index is 10.4. The Hall–Kier alpha value is -1.37. The Bertz CT molecular complexity index is 501. The Morgan fingerprint density at radius 1 is 1.48 bits per heavy atom. The van der Waals surface area contributed by atoms with E-state index in [9.17, 15) is 15.0 Å². The quantitative estimate of drug-likeness (QED) is 0.621. The molecule has 1 rings (SSSR count). The van der Waals surface area contributed by atoms with E-state index >= 15 is 0 Å². The molecule has 0 aromatic heterocycles. The number of carboxylic acids is 1. The van der Waals surface area contributed by atoms with Gasteiger partial charge in [-0.1, -0.05) is 22.0 Å². The van der Waals surface area contributed by atoms with Crippen molar-refractivity contribution in [1.29, 1.82) is 0 Å². The van der Waals surface area contributed by atoms with E-state index in [1.807, 2.05) is 6.92 Å².